The third-order valence-corrected chi connectivity index (χ3v) is 4.07. The Bertz CT molecular complexity index is 505. The van der Waals surface area contributed by atoms with Crippen LogP contribution in [-0.2, 0) is 0 Å². The van der Waals surface area contributed by atoms with Crippen molar-refractivity contribution in [3.63, 3.8) is 0 Å². The van der Waals surface area contributed by atoms with Gasteiger partial charge in [0.1, 0.15) is 5.75 Å². The topological polar surface area (TPSA) is 9.23 Å². The predicted molar refractivity (Wildman–Crippen MR) is 89.6 cm³/mol. The van der Waals surface area contributed by atoms with E-state index < -0.39 is 0 Å². The summed E-state index contributed by atoms with van der Waals surface area (Å²) < 4.78 is 5.86. The Labute approximate surface area is 127 Å². The summed E-state index contributed by atoms with van der Waals surface area (Å²) in [5.74, 6) is 2.88. The van der Waals surface area contributed by atoms with Crippen molar-refractivity contribution in [2.75, 3.05) is 12.4 Å². The van der Waals surface area contributed by atoms with Gasteiger partial charge in [-0.25, -0.2) is 0 Å². The molecule has 106 valence electrons. The predicted octanol–water partition coefficient (Wildman–Crippen LogP) is 4.93. The molecule has 0 heterocycles. The van der Waals surface area contributed by atoms with Gasteiger partial charge in [-0.15, -0.1) is 0 Å². The van der Waals surface area contributed by atoms with Crippen molar-refractivity contribution in [1.29, 1.82) is 0 Å². The molecular formula is C18H22OS. The third kappa shape index (κ3) is 4.04. The number of thiol groups is 1. The van der Waals surface area contributed by atoms with E-state index in [2.05, 4.69) is 62.9 Å². The van der Waals surface area contributed by atoms with Crippen molar-refractivity contribution in [2.45, 2.75) is 13.8 Å². The monoisotopic (exact) mass is 286 g/mol. The summed E-state index contributed by atoms with van der Waals surface area (Å²) in [6, 6.07) is 18.7. The molecule has 20 heavy (non-hydrogen) atoms. The lowest BCUT2D eigenvalue weighted by Crippen LogP contribution is -2.19. The minimum atomic E-state index is 0.493. The summed E-state index contributed by atoms with van der Waals surface area (Å²) in [5.41, 5.74) is 2.45. The van der Waals surface area contributed by atoms with Crippen LogP contribution in [0.5, 0.6) is 5.75 Å². The van der Waals surface area contributed by atoms with E-state index in [1.807, 2.05) is 18.2 Å². The highest BCUT2D eigenvalue weighted by Gasteiger charge is 2.12. The van der Waals surface area contributed by atoms with Crippen molar-refractivity contribution in [3.8, 4) is 16.9 Å². The standard InChI is InChI=1S/C18H22OS/c1-14(2)17(13-20)12-19-18-10-8-16(9-11-18)15-6-4-3-5-7-15/h3-11,14,17,20H,12-13H2,1-2H3. The van der Waals surface area contributed by atoms with Gasteiger partial charge in [-0.3, -0.25) is 0 Å². The molecule has 1 atom stereocenters. The number of hydrogen-bond donors (Lipinski definition) is 1. The van der Waals surface area contributed by atoms with Gasteiger partial charge in [0.25, 0.3) is 0 Å². The molecule has 0 spiro atoms. The quantitative estimate of drug-likeness (QED) is 0.740. The van der Waals surface area contributed by atoms with Crippen LogP contribution in [0.15, 0.2) is 54.6 Å². The second kappa shape index (κ2) is 7.39. The second-order valence-corrected chi connectivity index (χ2v) is 5.75. The van der Waals surface area contributed by atoms with Gasteiger partial charge in [-0.05, 0) is 34.9 Å². The van der Waals surface area contributed by atoms with Crippen LogP contribution in [0.2, 0.25) is 0 Å². The van der Waals surface area contributed by atoms with Gasteiger partial charge in [0, 0.05) is 5.92 Å². The molecule has 0 aliphatic heterocycles. The Hall–Kier alpha value is -1.41. The van der Waals surface area contributed by atoms with Gasteiger partial charge in [-0.1, -0.05) is 56.3 Å². The van der Waals surface area contributed by atoms with Crippen LogP contribution in [0.4, 0.5) is 0 Å². The van der Waals surface area contributed by atoms with Crippen molar-refractivity contribution < 1.29 is 4.74 Å². The first-order valence-corrected chi connectivity index (χ1v) is 7.73. The zero-order valence-corrected chi connectivity index (χ0v) is 13.0. The van der Waals surface area contributed by atoms with E-state index in [0.29, 0.717) is 11.8 Å². The summed E-state index contributed by atoms with van der Waals surface area (Å²) in [5, 5.41) is 0. The first-order valence-electron chi connectivity index (χ1n) is 7.10. The van der Waals surface area contributed by atoms with Crippen LogP contribution in [0.1, 0.15) is 13.8 Å². The lowest BCUT2D eigenvalue weighted by atomic mass is 9.99. The molecule has 1 unspecified atom stereocenters. The highest BCUT2D eigenvalue weighted by atomic mass is 32.1. The molecular weight excluding hydrogens is 264 g/mol. The molecule has 2 rings (SSSR count). The van der Waals surface area contributed by atoms with Crippen molar-refractivity contribution in [1.82, 2.24) is 0 Å². The Kier molecular flexibility index (Phi) is 5.54. The number of rotatable bonds is 6. The van der Waals surface area contributed by atoms with E-state index in [9.17, 15) is 0 Å². The largest absolute Gasteiger partial charge is 0.493 e. The molecule has 0 saturated carbocycles. The number of hydrogen-bond acceptors (Lipinski definition) is 2. The van der Waals surface area contributed by atoms with E-state index in [-0.39, 0.29) is 0 Å². The van der Waals surface area contributed by atoms with Crippen molar-refractivity contribution >= 4 is 12.6 Å². The average molecular weight is 286 g/mol. The highest BCUT2D eigenvalue weighted by Crippen LogP contribution is 2.23. The maximum absolute atomic E-state index is 5.86. The molecule has 0 aliphatic carbocycles. The molecule has 0 aromatic heterocycles. The van der Waals surface area contributed by atoms with Gasteiger partial charge in [0.05, 0.1) is 6.61 Å². The second-order valence-electron chi connectivity index (χ2n) is 5.39. The van der Waals surface area contributed by atoms with E-state index in [4.69, 9.17) is 4.74 Å². The van der Waals surface area contributed by atoms with Crippen LogP contribution in [0, 0.1) is 11.8 Å². The third-order valence-electron chi connectivity index (χ3n) is 3.60. The molecule has 0 bridgehead atoms. The van der Waals surface area contributed by atoms with E-state index in [0.717, 1.165) is 18.1 Å². The number of ether oxygens (including phenoxy) is 1. The lowest BCUT2D eigenvalue weighted by molar-refractivity contribution is 0.227. The van der Waals surface area contributed by atoms with E-state index in [1.54, 1.807) is 0 Å². The van der Waals surface area contributed by atoms with Gasteiger partial charge in [-0.2, -0.15) is 12.6 Å². The van der Waals surface area contributed by atoms with Crippen molar-refractivity contribution in [3.05, 3.63) is 54.6 Å². The molecule has 0 aliphatic rings. The smallest absolute Gasteiger partial charge is 0.119 e. The van der Waals surface area contributed by atoms with Crippen molar-refractivity contribution in [2.24, 2.45) is 11.8 Å². The van der Waals surface area contributed by atoms with Gasteiger partial charge < -0.3 is 4.74 Å². The van der Waals surface area contributed by atoms with Crippen LogP contribution in [0.3, 0.4) is 0 Å². The average Bonchev–Trinajstić information content (AvgIpc) is 2.49. The molecule has 1 nitrogen and oxygen atoms in total. The fourth-order valence-electron chi connectivity index (χ4n) is 2.03. The van der Waals surface area contributed by atoms with E-state index in [1.165, 1.54) is 11.1 Å². The summed E-state index contributed by atoms with van der Waals surface area (Å²) in [4.78, 5) is 0. The molecule has 0 fully saturated rings. The van der Waals surface area contributed by atoms with Crippen LogP contribution in [-0.4, -0.2) is 12.4 Å². The zero-order valence-electron chi connectivity index (χ0n) is 12.1. The van der Waals surface area contributed by atoms with Crippen LogP contribution in [0.25, 0.3) is 11.1 Å². The maximum Gasteiger partial charge on any atom is 0.119 e. The fraction of sp³-hybridized carbons (Fsp3) is 0.333. The van der Waals surface area contributed by atoms with Gasteiger partial charge >= 0.3 is 0 Å². The van der Waals surface area contributed by atoms with E-state index >= 15 is 0 Å². The normalized spacial score (nSPS) is 12.4. The summed E-state index contributed by atoms with van der Waals surface area (Å²) in [7, 11) is 0. The molecule has 2 aromatic carbocycles. The SMILES string of the molecule is CC(C)C(CS)COc1ccc(-c2ccccc2)cc1. The summed E-state index contributed by atoms with van der Waals surface area (Å²) in [6.45, 7) is 5.15. The Morgan fingerprint density at radius 3 is 2.05 bits per heavy atom. The molecule has 0 amide bonds. The Morgan fingerprint density at radius 2 is 1.50 bits per heavy atom. The highest BCUT2D eigenvalue weighted by molar-refractivity contribution is 7.80. The molecule has 2 aromatic rings. The van der Waals surface area contributed by atoms with Gasteiger partial charge in [0.15, 0.2) is 0 Å². The molecule has 2 heteroatoms. The molecule has 0 N–H and O–H groups in total. The number of benzene rings is 2. The minimum Gasteiger partial charge on any atom is -0.493 e. The van der Waals surface area contributed by atoms with Crippen LogP contribution < -0.4 is 4.74 Å². The first-order chi connectivity index (χ1) is 9.70. The summed E-state index contributed by atoms with van der Waals surface area (Å²) >= 11 is 4.39. The van der Waals surface area contributed by atoms with Gasteiger partial charge in [0.2, 0.25) is 0 Å². The minimum absolute atomic E-state index is 0.493. The lowest BCUT2D eigenvalue weighted by Gasteiger charge is -2.19. The molecule has 0 radical (unpaired) electrons. The maximum atomic E-state index is 5.86. The van der Waals surface area contributed by atoms with Crippen LogP contribution >= 0.6 is 12.6 Å². The fourth-order valence-corrected chi connectivity index (χ4v) is 2.56. The Balaban J connectivity index is 1.99. The zero-order chi connectivity index (χ0) is 14.4. The first kappa shape index (κ1) is 15.0. The summed E-state index contributed by atoms with van der Waals surface area (Å²) in [6.07, 6.45) is 0. The Morgan fingerprint density at radius 1 is 0.900 bits per heavy atom. The molecule has 0 saturated heterocycles.